The first-order valence-electron chi connectivity index (χ1n) is 11.9. The lowest BCUT2D eigenvalue weighted by Gasteiger charge is -2.13. The number of carbonyl (C=O) groups is 3. The summed E-state index contributed by atoms with van der Waals surface area (Å²) < 4.78 is 0. The summed E-state index contributed by atoms with van der Waals surface area (Å²) in [7, 11) is 0. The van der Waals surface area contributed by atoms with Gasteiger partial charge in [-0.15, -0.1) is 13.2 Å². The summed E-state index contributed by atoms with van der Waals surface area (Å²) in [6, 6.07) is -0.696. The molecule has 0 unspecified atom stereocenters. The van der Waals surface area contributed by atoms with Crippen LogP contribution >= 0.6 is 0 Å². The molecule has 188 valence electrons. The molecule has 7 nitrogen and oxygen atoms in total. The predicted molar refractivity (Wildman–Crippen MR) is 139 cm³/mol. The standard InChI is InChI=1S/C25H37N3O4.C2H4/c1-2-3-4-5-8-15-22(25(31)32)28-19-20-13-10-11-14-21(18-20)24(30)27-17-12-7-6-9-16-23(26)29;1-2/h3-5,8,11,13-14,18,22,28H,2,6-7,9-10,12,15-17,19H2,1H3,(H2,26,29)(H,27,30)(H,31,32);1-2H2/b4-3-,8-5-;/t22-;/m0./s1. The first-order chi connectivity index (χ1) is 16.4. The molecule has 1 aliphatic carbocycles. The molecule has 7 heteroatoms. The average molecular weight is 472 g/mol. The Kier molecular flexibility index (Phi) is 18.5. The maximum absolute atomic E-state index is 12.5. The highest BCUT2D eigenvalue weighted by molar-refractivity contribution is 5.96. The number of amides is 2. The first-order valence-corrected chi connectivity index (χ1v) is 11.9. The van der Waals surface area contributed by atoms with Gasteiger partial charge < -0.3 is 21.5 Å². The number of carboxylic acid groups (broad SMARTS) is 1. The fourth-order valence-corrected chi connectivity index (χ4v) is 3.09. The molecule has 34 heavy (non-hydrogen) atoms. The number of primary amides is 1. The molecule has 0 aromatic heterocycles. The average Bonchev–Trinajstić information content (AvgIpc) is 3.07. The highest BCUT2D eigenvalue weighted by atomic mass is 16.4. The van der Waals surface area contributed by atoms with Crippen LogP contribution in [0.5, 0.6) is 0 Å². The van der Waals surface area contributed by atoms with Gasteiger partial charge in [-0.3, -0.25) is 14.4 Å². The number of carboxylic acids is 1. The number of nitrogens with one attached hydrogen (secondary N) is 2. The van der Waals surface area contributed by atoms with E-state index >= 15 is 0 Å². The fourth-order valence-electron chi connectivity index (χ4n) is 3.09. The van der Waals surface area contributed by atoms with Crippen LogP contribution in [0.4, 0.5) is 0 Å². The van der Waals surface area contributed by atoms with Gasteiger partial charge in [0.15, 0.2) is 0 Å². The van der Waals surface area contributed by atoms with E-state index in [4.69, 9.17) is 5.73 Å². The second-order valence-electron chi connectivity index (χ2n) is 7.68. The van der Waals surface area contributed by atoms with E-state index in [1.54, 1.807) is 12.2 Å². The fraction of sp³-hybridized carbons (Fsp3) is 0.444. The maximum atomic E-state index is 12.5. The molecule has 0 heterocycles. The molecule has 0 aromatic carbocycles. The van der Waals surface area contributed by atoms with Gasteiger partial charge >= 0.3 is 5.97 Å². The monoisotopic (exact) mass is 471 g/mol. The molecule has 2 amide bonds. The lowest BCUT2D eigenvalue weighted by atomic mass is 10.1. The van der Waals surface area contributed by atoms with Gasteiger partial charge in [0.25, 0.3) is 5.91 Å². The maximum Gasteiger partial charge on any atom is 0.321 e. The molecule has 0 aromatic rings. The number of aliphatic carboxylic acids is 1. The molecule has 0 radical (unpaired) electrons. The van der Waals surface area contributed by atoms with Crippen LogP contribution in [-0.4, -0.2) is 42.0 Å². The van der Waals surface area contributed by atoms with Crippen LogP contribution in [0.2, 0.25) is 0 Å². The van der Waals surface area contributed by atoms with Gasteiger partial charge in [-0.2, -0.15) is 0 Å². The lowest BCUT2D eigenvalue weighted by molar-refractivity contribution is -0.139. The lowest BCUT2D eigenvalue weighted by Crippen LogP contribution is -2.37. The SMILES string of the molecule is C=C.CC/C=C\C=C/C[C@H](NCC1=CCC=CC(C(=O)NCCCCCCC(N)=O)=C1)C(=O)O. The van der Waals surface area contributed by atoms with Crippen molar-refractivity contribution in [1.29, 1.82) is 0 Å². The molecule has 0 aliphatic heterocycles. The predicted octanol–water partition coefficient (Wildman–Crippen LogP) is 4.11. The number of unbranched alkanes of at least 4 members (excludes halogenated alkanes) is 3. The van der Waals surface area contributed by atoms with Crippen molar-refractivity contribution in [3.8, 4) is 0 Å². The molecule has 0 spiro atoms. The van der Waals surface area contributed by atoms with Crippen molar-refractivity contribution in [2.45, 2.75) is 64.3 Å². The van der Waals surface area contributed by atoms with Gasteiger partial charge in [-0.05, 0) is 43.8 Å². The molecule has 0 bridgehead atoms. The Morgan fingerprint density at radius 3 is 2.53 bits per heavy atom. The molecule has 0 saturated carbocycles. The molecular formula is C27H41N3O4. The van der Waals surface area contributed by atoms with Crippen molar-refractivity contribution in [1.82, 2.24) is 10.6 Å². The van der Waals surface area contributed by atoms with Crippen molar-refractivity contribution >= 4 is 17.8 Å². The van der Waals surface area contributed by atoms with Crippen LogP contribution in [-0.2, 0) is 14.4 Å². The zero-order valence-electron chi connectivity index (χ0n) is 20.4. The quantitative estimate of drug-likeness (QED) is 0.153. The number of allylic oxidation sites excluding steroid dienone is 5. The van der Waals surface area contributed by atoms with Crippen molar-refractivity contribution in [2.24, 2.45) is 5.73 Å². The molecular weight excluding hydrogens is 430 g/mol. The van der Waals surface area contributed by atoms with Crippen molar-refractivity contribution in [3.63, 3.8) is 0 Å². The summed E-state index contributed by atoms with van der Waals surface area (Å²) in [4.78, 5) is 34.7. The third-order valence-electron chi connectivity index (χ3n) is 4.89. The van der Waals surface area contributed by atoms with Crippen LogP contribution in [0.1, 0.15) is 58.3 Å². The summed E-state index contributed by atoms with van der Waals surface area (Å²) in [6.07, 6.45) is 21.0. The zero-order chi connectivity index (χ0) is 25.6. The van der Waals surface area contributed by atoms with Gasteiger partial charge in [-0.1, -0.05) is 62.3 Å². The van der Waals surface area contributed by atoms with E-state index in [1.807, 2.05) is 43.4 Å². The van der Waals surface area contributed by atoms with Crippen molar-refractivity contribution in [2.75, 3.05) is 13.1 Å². The summed E-state index contributed by atoms with van der Waals surface area (Å²) >= 11 is 0. The van der Waals surface area contributed by atoms with Crippen LogP contribution in [0.25, 0.3) is 0 Å². The molecule has 5 N–H and O–H groups in total. The largest absolute Gasteiger partial charge is 0.480 e. The summed E-state index contributed by atoms with van der Waals surface area (Å²) in [5.41, 5.74) is 6.56. The Morgan fingerprint density at radius 2 is 1.85 bits per heavy atom. The van der Waals surface area contributed by atoms with E-state index in [-0.39, 0.29) is 11.8 Å². The summed E-state index contributed by atoms with van der Waals surface area (Å²) in [6.45, 7) is 8.98. The Hall–Kier alpha value is -3.19. The Balaban J connectivity index is 0.00000529. The topological polar surface area (TPSA) is 122 Å². The van der Waals surface area contributed by atoms with Gasteiger partial charge in [-0.25, -0.2) is 0 Å². The van der Waals surface area contributed by atoms with E-state index in [2.05, 4.69) is 23.8 Å². The van der Waals surface area contributed by atoms with Crippen LogP contribution in [0.15, 0.2) is 72.9 Å². The molecule has 1 aliphatic rings. The van der Waals surface area contributed by atoms with E-state index in [0.717, 1.165) is 37.7 Å². The summed E-state index contributed by atoms with van der Waals surface area (Å²) in [5, 5.41) is 15.4. The number of rotatable bonds is 16. The second-order valence-corrected chi connectivity index (χ2v) is 7.68. The number of nitrogens with two attached hydrogens (primary N) is 1. The van der Waals surface area contributed by atoms with Gasteiger partial charge in [0.1, 0.15) is 6.04 Å². The number of carbonyl (C=O) groups excluding carboxylic acids is 2. The van der Waals surface area contributed by atoms with Crippen LogP contribution < -0.4 is 16.4 Å². The van der Waals surface area contributed by atoms with Crippen molar-refractivity contribution in [3.05, 3.63) is 72.9 Å². The third-order valence-corrected chi connectivity index (χ3v) is 4.89. The Morgan fingerprint density at radius 1 is 1.15 bits per heavy atom. The molecule has 0 fully saturated rings. The minimum atomic E-state index is -0.903. The third kappa shape index (κ3) is 15.6. The molecule has 0 saturated heterocycles. The van der Waals surface area contributed by atoms with Crippen molar-refractivity contribution < 1.29 is 19.5 Å². The Labute approximate surface area is 204 Å². The minimum Gasteiger partial charge on any atom is -0.480 e. The zero-order valence-corrected chi connectivity index (χ0v) is 20.4. The summed E-state index contributed by atoms with van der Waals surface area (Å²) in [5.74, 6) is -1.33. The van der Waals surface area contributed by atoms with Gasteiger partial charge in [0, 0.05) is 25.1 Å². The molecule has 1 rings (SSSR count). The highest BCUT2D eigenvalue weighted by Crippen LogP contribution is 2.12. The Bertz CT molecular complexity index is 779. The minimum absolute atomic E-state index is 0.147. The second kappa shape index (κ2) is 20.4. The smallest absolute Gasteiger partial charge is 0.321 e. The van der Waals surface area contributed by atoms with E-state index in [1.165, 1.54) is 0 Å². The number of hydrogen-bond donors (Lipinski definition) is 4. The van der Waals surface area contributed by atoms with E-state index < -0.39 is 12.0 Å². The number of hydrogen-bond acceptors (Lipinski definition) is 4. The normalized spacial score (nSPS) is 14.0. The van der Waals surface area contributed by atoms with E-state index in [0.29, 0.717) is 37.9 Å². The van der Waals surface area contributed by atoms with Gasteiger partial charge in [0.2, 0.25) is 5.91 Å². The first kappa shape index (κ1) is 30.8. The van der Waals surface area contributed by atoms with Crippen LogP contribution in [0.3, 0.4) is 0 Å². The van der Waals surface area contributed by atoms with Gasteiger partial charge in [0.05, 0.1) is 0 Å². The highest BCUT2D eigenvalue weighted by Gasteiger charge is 2.16. The van der Waals surface area contributed by atoms with Crippen LogP contribution in [0, 0.1) is 0 Å². The molecule has 1 atom stereocenters. The van der Waals surface area contributed by atoms with E-state index in [9.17, 15) is 19.5 Å².